The van der Waals surface area contributed by atoms with Crippen LogP contribution >= 0.6 is 0 Å². The maximum Gasteiger partial charge on any atom is 0.253 e. The Labute approximate surface area is 134 Å². The highest BCUT2D eigenvalue weighted by molar-refractivity contribution is 6.13. The summed E-state index contributed by atoms with van der Waals surface area (Å²) in [7, 11) is 0. The largest absolute Gasteiger partial charge is 0.356 e. The number of nitrogens with zero attached hydrogens (tertiary/aromatic N) is 1. The fourth-order valence-electron chi connectivity index (χ4n) is 2.11. The highest BCUT2D eigenvalue weighted by Gasteiger charge is 2.23. The fraction of sp³-hybridized carbons (Fsp3) is 0.533. The van der Waals surface area contributed by atoms with Crippen molar-refractivity contribution in [3.8, 4) is 0 Å². The van der Waals surface area contributed by atoms with E-state index >= 15 is 0 Å². The van der Waals surface area contributed by atoms with E-state index < -0.39 is 17.9 Å². The van der Waals surface area contributed by atoms with Crippen LogP contribution in [-0.4, -0.2) is 53.9 Å². The van der Waals surface area contributed by atoms with Crippen molar-refractivity contribution in [2.45, 2.75) is 38.6 Å². The van der Waals surface area contributed by atoms with Crippen LogP contribution in [0.2, 0.25) is 0 Å². The lowest BCUT2D eigenvalue weighted by Gasteiger charge is -2.13. The summed E-state index contributed by atoms with van der Waals surface area (Å²) < 4.78 is 0. The number of carbonyl (C=O) groups is 5. The molecule has 0 fully saturated rings. The number of rotatable bonds is 10. The zero-order chi connectivity index (χ0) is 17.2. The first-order chi connectivity index (χ1) is 10.9. The topological polar surface area (TPSA) is 113 Å². The van der Waals surface area contributed by atoms with Crippen LogP contribution in [0, 0.1) is 0 Å². The molecule has 1 unspecified atom stereocenters. The number of carbonyl (C=O) groups excluding carboxylic acids is 5. The van der Waals surface area contributed by atoms with E-state index in [0.29, 0.717) is 32.1 Å². The van der Waals surface area contributed by atoms with Crippen LogP contribution < -0.4 is 10.6 Å². The van der Waals surface area contributed by atoms with Crippen molar-refractivity contribution in [2.24, 2.45) is 0 Å². The smallest absolute Gasteiger partial charge is 0.253 e. The predicted molar refractivity (Wildman–Crippen MR) is 81.0 cm³/mol. The molecule has 23 heavy (non-hydrogen) atoms. The van der Waals surface area contributed by atoms with Crippen LogP contribution in [0.4, 0.5) is 0 Å². The van der Waals surface area contributed by atoms with Gasteiger partial charge in [0.05, 0.1) is 6.04 Å². The van der Waals surface area contributed by atoms with Crippen molar-refractivity contribution < 1.29 is 24.0 Å². The minimum absolute atomic E-state index is 0.0576. The van der Waals surface area contributed by atoms with E-state index in [1.165, 1.54) is 19.1 Å². The van der Waals surface area contributed by atoms with Gasteiger partial charge in [0.1, 0.15) is 6.29 Å². The van der Waals surface area contributed by atoms with Gasteiger partial charge in [-0.1, -0.05) is 0 Å². The number of nitrogens with one attached hydrogen (secondary N) is 2. The van der Waals surface area contributed by atoms with Gasteiger partial charge in [-0.3, -0.25) is 24.1 Å². The minimum atomic E-state index is -0.497. The van der Waals surface area contributed by atoms with E-state index in [1.54, 1.807) is 0 Å². The van der Waals surface area contributed by atoms with Gasteiger partial charge in [0.25, 0.3) is 11.8 Å². The Bertz CT molecular complexity index is 497. The lowest BCUT2D eigenvalue weighted by atomic mass is 10.1. The molecule has 0 aliphatic carbocycles. The van der Waals surface area contributed by atoms with E-state index in [0.717, 1.165) is 4.90 Å². The third-order valence-electron chi connectivity index (χ3n) is 3.28. The molecule has 0 saturated carbocycles. The summed E-state index contributed by atoms with van der Waals surface area (Å²) in [6.07, 6.45) is 4.97. The van der Waals surface area contributed by atoms with Gasteiger partial charge in [0.2, 0.25) is 11.8 Å². The number of aldehydes is 1. The first-order valence-electron chi connectivity index (χ1n) is 7.46. The summed E-state index contributed by atoms with van der Waals surface area (Å²) >= 11 is 0. The quantitative estimate of drug-likeness (QED) is 0.313. The molecular formula is C15H21N3O5. The SMILES string of the molecule is CC(=O)NC(C=O)CCCCNC(=O)CCN1C(=O)C=CC1=O. The number of unbranched alkanes of at least 4 members (excludes halogenated alkanes) is 1. The van der Waals surface area contributed by atoms with Crippen molar-refractivity contribution in [1.82, 2.24) is 15.5 Å². The standard InChI is InChI=1S/C15H21N3O5/c1-11(20)17-12(10-19)4-2-3-8-16-13(21)7-9-18-14(22)5-6-15(18)23/h5-6,10,12H,2-4,7-9H2,1H3,(H,16,21)(H,17,20). The van der Waals surface area contributed by atoms with Crippen molar-refractivity contribution in [3.63, 3.8) is 0 Å². The van der Waals surface area contributed by atoms with Crippen LogP contribution in [0.15, 0.2) is 12.2 Å². The summed E-state index contributed by atoms with van der Waals surface area (Å²) in [5.41, 5.74) is 0. The van der Waals surface area contributed by atoms with Crippen molar-refractivity contribution in [1.29, 1.82) is 0 Å². The molecule has 8 nitrogen and oxygen atoms in total. The number of amides is 4. The summed E-state index contributed by atoms with van der Waals surface area (Å²) in [5, 5.41) is 5.20. The third kappa shape index (κ3) is 6.86. The third-order valence-corrected chi connectivity index (χ3v) is 3.28. The van der Waals surface area contributed by atoms with Gasteiger partial charge in [-0.15, -0.1) is 0 Å². The van der Waals surface area contributed by atoms with Gasteiger partial charge in [-0.2, -0.15) is 0 Å². The Morgan fingerprint density at radius 3 is 2.43 bits per heavy atom. The van der Waals surface area contributed by atoms with E-state index in [2.05, 4.69) is 10.6 Å². The summed E-state index contributed by atoms with van der Waals surface area (Å²) in [5.74, 6) is -1.30. The molecule has 4 amide bonds. The van der Waals surface area contributed by atoms with E-state index in [4.69, 9.17) is 0 Å². The van der Waals surface area contributed by atoms with Crippen molar-refractivity contribution >= 4 is 29.9 Å². The minimum Gasteiger partial charge on any atom is -0.356 e. The van der Waals surface area contributed by atoms with Gasteiger partial charge in [0.15, 0.2) is 0 Å². The number of imide groups is 1. The predicted octanol–water partition coefficient (Wildman–Crippen LogP) is -0.708. The van der Waals surface area contributed by atoms with Gasteiger partial charge in [-0.25, -0.2) is 0 Å². The fourth-order valence-corrected chi connectivity index (χ4v) is 2.11. The molecule has 0 spiro atoms. The molecule has 0 radical (unpaired) electrons. The Balaban J connectivity index is 2.10. The Morgan fingerprint density at radius 1 is 1.22 bits per heavy atom. The van der Waals surface area contributed by atoms with Crippen LogP contribution in [-0.2, 0) is 24.0 Å². The highest BCUT2D eigenvalue weighted by atomic mass is 16.2. The van der Waals surface area contributed by atoms with E-state index in [1.807, 2.05) is 0 Å². The average Bonchev–Trinajstić information content (AvgIpc) is 2.82. The molecule has 1 aliphatic rings. The van der Waals surface area contributed by atoms with Gasteiger partial charge >= 0.3 is 0 Å². The van der Waals surface area contributed by atoms with Crippen LogP contribution in [0.5, 0.6) is 0 Å². The highest BCUT2D eigenvalue weighted by Crippen LogP contribution is 2.04. The average molecular weight is 323 g/mol. The Morgan fingerprint density at radius 2 is 1.87 bits per heavy atom. The van der Waals surface area contributed by atoms with Crippen LogP contribution in [0.25, 0.3) is 0 Å². The van der Waals surface area contributed by atoms with Gasteiger partial charge in [0, 0.05) is 38.6 Å². The Hall–Kier alpha value is -2.51. The molecule has 1 aliphatic heterocycles. The molecule has 8 heteroatoms. The molecule has 0 bridgehead atoms. The van der Waals surface area contributed by atoms with E-state index in [9.17, 15) is 24.0 Å². The molecule has 1 rings (SSSR count). The molecule has 0 aromatic rings. The molecule has 2 N–H and O–H groups in total. The zero-order valence-corrected chi connectivity index (χ0v) is 13.0. The molecular weight excluding hydrogens is 302 g/mol. The van der Waals surface area contributed by atoms with Crippen molar-refractivity contribution in [3.05, 3.63) is 12.2 Å². The molecule has 0 aromatic carbocycles. The second kappa shape index (κ2) is 9.50. The second-order valence-corrected chi connectivity index (χ2v) is 5.20. The first kappa shape index (κ1) is 18.5. The molecule has 0 aromatic heterocycles. The first-order valence-corrected chi connectivity index (χ1v) is 7.46. The van der Waals surface area contributed by atoms with Crippen LogP contribution in [0.3, 0.4) is 0 Å². The summed E-state index contributed by atoms with van der Waals surface area (Å²) in [4.78, 5) is 56.8. The summed E-state index contributed by atoms with van der Waals surface area (Å²) in [6, 6.07) is -0.497. The zero-order valence-electron chi connectivity index (χ0n) is 13.0. The monoisotopic (exact) mass is 323 g/mol. The Kier molecular flexibility index (Phi) is 7.65. The molecule has 0 saturated heterocycles. The molecule has 126 valence electrons. The van der Waals surface area contributed by atoms with E-state index in [-0.39, 0.29) is 24.8 Å². The number of hydrogen-bond acceptors (Lipinski definition) is 5. The number of hydrogen-bond donors (Lipinski definition) is 2. The van der Waals surface area contributed by atoms with Crippen LogP contribution in [0.1, 0.15) is 32.6 Å². The van der Waals surface area contributed by atoms with Gasteiger partial charge in [-0.05, 0) is 19.3 Å². The normalized spacial score (nSPS) is 14.7. The lowest BCUT2D eigenvalue weighted by molar-refractivity contribution is -0.137. The van der Waals surface area contributed by atoms with Crippen molar-refractivity contribution in [2.75, 3.05) is 13.1 Å². The molecule has 1 atom stereocenters. The maximum atomic E-state index is 11.6. The molecule has 1 heterocycles. The second-order valence-electron chi connectivity index (χ2n) is 5.20. The maximum absolute atomic E-state index is 11.6. The lowest BCUT2D eigenvalue weighted by Crippen LogP contribution is -2.35. The summed E-state index contributed by atoms with van der Waals surface area (Å²) in [6.45, 7) is 1.85. The van der Waals surface area contributed by atoms with Gasteiger partial charge < -0.3 is 15.4 Å².